The van der Waals surface area contributed by atoms with Gasteiger partial charge in [-0.2, -0.15) is 0 Å². The van der Waals surface area contributed by atoms with E-state index in [0.717, 1.165) is 28.6 Å². The molecule has 0 saturated heterocycles. The van der Waals surface area contributed by atoms with Crippen molar-refractivity contribution in [2.75, 3.05) is 13.2 Å². The number of carbonyl (C=O) groups is 1. The predicted molar refractivity (Wildman–Crippen MR) is 84.0 cm³/mol. The molecule has 0 aliphatic rings. The number of aliphatic carboxylic acids is 1. The van der Waals surface area contributed by atoms with E-state index >= 15 is 0 Å². The fourth-order valence-electron chi connectivity index (χ4n) is 1.92. The Morgan fingerprint density at radius 2 is 2.10 bits per heavy atom. The number of carboxylic acid groups (broad SMARTS) is 1. The average Bonchev–Trinajstić information content (AvgIpc) is 2.85. The minimum absolute atomic E-state index is 0.0983. The largest absolute Gasteiger partial charge is 0.492 e. The molecule has 112 valence electrons. The van der Waals surface area contributed by atoms with Crippen LogP contribution in [0.3, 0.4) is 0 Å². The van der Waals surface area contributed by atoms with Gasteiger partial charge in [-0.05, 0) is 36.8 Å². The molecule has 21 heavy (non-hydrogen) atoms. The van der Waals surface area contributed by atoms with Crippen LogP contribution >= 0.6 is 11.3 Å². The zero-order valence-electron chi connectivity index (χ0n) is 12.0. The number of benzene rings is 1. The maximum atomic E-state index is 10.6. The molecule has 1 aromatic carbocycles. The summed E-state index contributed by atoms with van der Waals surface area (Å²) in [7, 11) is 0. The fraction of sp³-hybridized carbons (Fsp3) is 0.312. The number of hydrogen-bond acceptors (Lipinski definition) is 4. The molecule has 0 atom stereocenters. The highest BCUT2D eigenvalue weighted by molar-refractivity contribution is 7.12. The first-order chi connectivity index (χ1) is 10.1. The number of rotatable bonds is 8. The zero-order chi connectivity index (χ0) is 15.1. The highest BCUT2D eigenvalue weighted by atomic mass is 32.1. The van der Waals surface area contributed by atoms with E-state index in [4.69, 9.17) is 9.84 Å². The van der Waals surface area contributed by atoms with Crippen LogP contribution in [0.25, 0.3) is 0 Å². The Bertz CT molecular complexity index is 595. The van der Waals surface area contributed by atoms with Gasteiger partial charge in [-0.1, -0.05) is 12.1 Å². The van der Waals surface area contributed by atoms with Gasteiger partial charge in [-0.25, -0.2) is 0 Å². The standard InChI is InChI=1S/C16H19NO3S/c1-12-3-2-4-13(9-12)20-8-7-17-11-15-6-5-14(21-15)10-16(18)19/h2-6,9,17H,7-8,10-11H2,1H3,(H,18,19). The maximum absolute atomic E-state index is 10.6. The highest BCUT2D eigenvalue weighted by Gasteiger charge is 2.04. The topological polar surface area (TPSA) is 58.6 Å². The summed E-state index contributed by atoms with van der Waals surface area (Å²) in [5.41, 5.74) is 1.19. The minimum atomic E-state index is -0.789. The third-order valence-corrected chi connectivity index (χ3v) is 3.96. The molecule has 2 N–H and O–H groups in total. The van der Waals surface area contributed by atoms with Gasteiger partial charge in [0.2, 0.25) is 0 Å². The van der Waals surface area contributed by atoms with E-state index in [1.54, 1.807) is 0 Å². The molecule has 1 aromatic heterocycles. The monoisotopic (exact) mass is 305 g/mol. The summed E-state index contributed by atoms with van der Waals surface area (Å²) < 4.78 is 5.65. The first-order valence-corrected chi connectivity index (χ1v) is 7.65. The second-order valence-electron chi connectivity index (χ2n) is 4.78. The summed E-state index contributed by atoms with van der Waals surface area (Å²) in [6.07, 6.45) is 0.0983. The lowest BCUT2D eigenvalue weighted by molar-refractivity contribution is -0.136. The molecule has 0 radical (unpaired) electrons. The molecule has 0 aliphatic heterocycles. The number of hydrogen-bond donors (Lipinski definition) is 2. The summed E-state index contributed by atoms with van der Waals surface area (Å²) in [5, 5.41) is 12.0. The van der Waals surface area contributed by atoms with Crippen LogP contribution in [-0.4, -0.2) is 24.2 Å². The molecular formula is C16H19NO3S. The smallest absolute Gasteiger partial charge is 0.308 e. The summed E-state index contributed by atoms with van der Waals surface area (Å²) in [5.74, 6) is 0.0968. The van der Waals surface area contributed by atoms with Crippen molar-refractivity contribution in [3.05, 3.63) is 51.7 Å². The van der Waals surface area contributed by atoms with Gasteiger partial charge in [-0.3, -0.25) is 4.79 Å². The van der Waals surface area contributed by atoms with E-state index in [2.05, 4.69) is 5.32 Å². The van der Waals surface area contributed by atoms with Crippen molar-refractivity contribution in [2.24, 2.45) is 0 Å². The third-order valence-electron chi connectivity index (χ3n) is 2.88. The Morgan fingerprint density at radius 3 is 2.86 bits per heavy atom. The van der Waals surface area contributed by atoms with Crippen LogP contribution in [0.4, 0.5) is 0 Å². The molecule has 2 aromatic rings. The van der Waals surface area contributed by atoms with E-state index in [1.165, 1.54) is 16.9 Å². The van der Waals surface area contributed by atoms with Crippen molar-refractivity contribution in [1.29, 1.82) is 0 Å². The van der Waals surface area contributed by atoms with Gasteiger partial charge in [0.05, 0.1) is 6.42 Å². The van der Waals surface area contributed by atoms with Crippen molar-refractivity contribution < 1.29 is 14.6 Å². The molecular weight excluding hydrogens is 286 g/mol. The Morgan fingerprint density at radius 1 is 1.29 bits per heavy atom. The third kappa shape index (κ3) is 5.57. The molecule has 5 heteroatoms. The number of aryl methyl sites for hydroxylation is 1. The van der Waals surface area contributed by atoms with Gasteiger partial charge in [0, 0.05) is 22.8 Å². The summed E-state index contributed by atoms with van der Waals surface area (Å²) in [6, 6.07) is 11.8. The van der Waals surface area contributed by atoms with Crippen LogP contribution in [-0.2, 0) is 17.8 Å². The van der Waals surface area contributed by atoms with Crippen LogP contribution in [0.2, 0.25) is 0 Å². The van der Waals surface area contributed by atoms with Gasteiger partial charge in [0.15, 0.2) is 0 Å². The Kier molecular flexibility index (Phi) is 5.78. The Hall–Kier alpha value is -1.85. The number of ether oxygens (including phenoxy) is 1. The van der Waals surface area contributed by atoms with Crippen molar-refractivity contribution in [2.45, 2.75) is 19.9 Å². The summed E-state index contributed by atoms with van der Waals surface area (Å²) in [4.78, 5) is 12.6. The van der Waals surface area contributed by atoms with Crippen LogP contribution in [0.1, 0.15) is 15.3 Å². The van der Waals surface area contributed by atoms with Crippen LogP contribution in [0.15, 0.2) is 36.4 Å². The number of thiophene rings is 1. The van der Waals surface area contributed by atoms with Crippen LogP contribution in [0.5, 0.6) is 5.75 Å². The van der Waals surface area contributed by atoms with Gasteiger partial charge in [-0.15, -0.1) is 11.3 Å². The van der Waals surface area contributed by atoms with E-state index in [0.29, 0.717) is 6.61 Å². The van der Waals surface area contributed by atoms with E-state index < -0.39 is 5.97 Å². The Balaban J connectivity index is 1.65. The zero-order valence-corrected chi connectivity index (χ0v) is 12.8. The maximum Gasteiger partial charge on any atom is 0.308 e. The first-order valence-electron chi connectivity index (χ1n) is 6.83. The molecule has 4 nitrogen and oxygen atoms in total. The first kappa shape index (κ1) is 15.5. The van der Waals surface area contributed by atoms with Crippen molar-refractivity contribution in [3.8, 4) is 5.75 Å². The van der Waals surface area contributed by atoms with Crippen molar-refractivity contribution in [1.82, 2.24) is 5.32 Å². The lowest BCUT2D eigenvalue weighted by Gasteiger charge is -2.07. The van der Waals surface area contributed by atoms with Gasteiger partial charge >= 0.3 is 5.97 Å². The second kappa shape index (κ2) is 7.81. The predicted octanol–water partition coefficient (Wildman–Crippen LogP) is 2.85. The molecule has 2 rings (SSSR count). The molecule has 0 amide bonds. The van der Waals surface area contributed by atoms with E-state index in [-0.39, 0.29) is 6.42 Å². The second-order valence-corrected chi connectivity index (χ2v) is 6.03. The SMILES string of the molecule is Cc1cccc(OCCNCc2ccc(CC(=O)O)s2)c1. The lowest BCUT2D eigenvalue weighted by atomic mass is 10.2. The number of nitrogens with one attached hydrogen (secondary N) is 1. The average molecular weight is 305 g/mol. The summed E-state index contributed by atoms with van der Waals surface area (Å²) >= 11 is 1.53. The molecule has 0 bridgehead atoms. The van der Waals surface area contributed by atoms with E-state index in [1.807, 2.05) is 43.3 Å². The van der Waals surface area contributed by atoms with Crippen molar-refractivity contribution >= 4 is 17.3 Å². The van der Waals surface area contributed by atoms with Gasteiger partial charge in [0.1, 0.15) is 12.4 Å². The molecule has 0 spiro atoms. The van der Waals surface area contributed by atoms with Gasteiger partial charge < -0.3 is 15.2 Å². The molecule has 0 aliphatic carbocycles. The fourth-order valence-corrected chi connectivity index (χ4v) is 2.90. The molecule has 1 heterocycles. The highest BCUT2D eigenvalue weighted by Crippen LogP contribution is 2.17. The summed E-state index contributed by atoms with van der Waals surface area (Å²) in [6.45, 7) is 4.13. The Labute approximate surface area is 128 Å². The van der Waals surface area contributed by atoms with Crippen molar-refractivity contribution in [3.63, 3.8) is 0 Å². The van der Waals surface area contributed by atoms with Gasteiger partial charge in [0.25, 0.3) is 0 Å². The minimum Gasteiger partial charge on any atom is -0.492 e. The molecule has 0 unspecified atom stereocenters. The quantitative estimate of drug-likeness (QED) is 0.736. The number of carboxylic acids is 1. The molecule has 0 fully saturated rings. The van der Waals surface area contributed by atoms with Crippen LogP contribution < -0.4 is 10.1 Å². The van der Waals surface area contributed by atoms with E-state index in [9.17, 15) is 4.79 Å². The normalized spacial score (nSPS) is 10.5. The molecule has 0 saturated carbocycles. The van der Waals surface area contributed by atoms with Crippen LogP contribution in [0, 0.1) is 6.92 Å². The lowest BCUT2D eigenvalue weighted by Crippen LogP contribution is -2.20.